The third kappa shape index (κ3) is 10.3. The van der Waals surface area contributed by atoms with Crippen LogP contribution in [0.2, 0.25) is 0 Å². The van der Waals surface area contributed by atoms with E-state index in [1.54, 1.807) is 0 Å². The maximum absolute atomic E-state index is 10.6. The quantitative estimate of drug-likeness (QED) is 0.377. The first-order chi connectivity index (χ1) is 15.6. The van der Waals surface area contributed by atoms with Crippen LogP contribution in [0.1, 0.15) is 61.8 Å². The molecule has 0 radical (unpaired) electrons. The first-order valence-corrected chi connectivity index (χ1v) is 11.0. The molecule has 4 nitrogen and oxygen atoms in total. The van der Waals surface area contributed by atoms with E-state index in [1.165, 1.54) is 18.1 Å². The average molecular weight is 449 g/mol. The fourth-order valence-corrected chi connectivity index (χ4v) is 2.99. The van der Waals surface area contributed by atoms with Crippen molar-refractivity contribution < 1.29 is 19.4 Å². The van der Waals surface area contributed by atoms with Crippen molar-refractivity contribution in [3.05, 3.63) is 105 Å². The van der Waals surface area contributed by atoms with Crippen LogP contribution < -0.4 is 0 Å². The molecule has 0 spiro atoms. The molecule has 3 aromatic rings. The topological polar surface area (TPSA) is 63.6 Å². The molecule has 0 aliphatic heterocycles. The van der Waals surface area contributed by atoms with Gasteiger partial charge in [0, 0.05) is 12.5 Å². The van der Waals surface area contributed by atoms with Crippen LogP contribution in [0.3, 0.4) is 0 Å². The first kappa shape index (κ1) is 27.8. The SMILES string of the molecule is CC(=O)OCc1cc(C)ccc1C.Cc1ccc(C)c(C=O)c1.Cc1ccc(C)c(CO)c1. The number of hydrogen-bond acceptors (Lipinski definition) is 4. The summed E-state index contributed by atoms with van der Waals surface area (Å²) in [7, 11) is 0. The Labute approximate surface area is 198 Å². The highest BCUT2D eigenvalue weighted by molar-refractivity contribution is 5.77. The predicted molar refractivity (Wildman–Crippen MR) is 135 cm³/mol. The smallest absolute Gasteiger partial charge is 0.302 e. The van der Waals surface area contributed by atoms with Gasteiger partial charge in [0.05, 0.1) is 6.61 Å². The van der Waals surface area contributed by atoms with E-state index in [1.807, 2.05) is 90.1 Å². The van der Waals surface area contributed by atoms with E-state index in [-0.39, 0.29) is 12.6 Å². The summed E-state index contributed by atoms with van der Waals surface area (Å²) in [5.74, 6) is -0.235. The Bertz CT molecular complexity index is 1070. The fraction of sp³-hybridized carbons (Fsp3) is 0.310. The number of ether oxygens (including phenoxy) is 1. The average Bonchev–Trinajstić information content (AvgIpc) is 2.78. The summed E-state index contributed by atoms with van der Waals surface area (Å²) < 4.78 is 4.92. The van der Waals surface area contributed by atoms with Gasteiger partial charge in [-0.25, -0.2) is 0 Å². The van der Waals surface area contributed by atoms with E-state index < -0.39 is 0 Å². The molecule has 0 aliphatic carbocycles. The van der Waals surface area contributed by atoms with Gasteiger partial charge in [0.1, 0.15) is 12.9 Å². The molecule has 0 heterocycles. The predicted octanol–water partition coefficient (Wildman–Crippen LogP) is 6.28. The van der Waals surface area contributed by atoms with Gasteiger partial charge in [-0.2, -0.15) is 0 Å². The van der Waals surface area contributed by atoms with Gasteiger partial charge in [-0.15, -0.1) is 0 Å². The van der Waals surface area contributed by atoms with E-state index in [0.717, 1.165) is 45.2 Å². The number of carbonyl (C=O) groups is 2. The Morgan fingerprint density at radius 2 is 1.21 bits per heavy atom. The molecule has 0 saturated carbocycles. The van der Waals surface area contributed by atoms with Crippen molar-refractivity contribution in [1.29, 1.82) is 0 Å². The maximum Gasteiger partial charge on any atom is 0.302 e. The molecule has 1 N–H and O–H groups in total. The number of aldehydes is 1. The molecular weight excluding hydrogens is 412 g/mol. The molecule has 0 aromatic heterocycles. The van der Waals surface area contributed by atoms with Crippen LogP contribution in [0.4, 0.5) is 0 Å². The summed E-state index contributed by atoms with van der Waals surface area (Å²) in [6, 6.07) is 18.1. The lowest BCUT2D eigenvalue weighted by atomic mass is 10.1. The number of carbonyl (C=O) groups excluding carboxylic acids is 2. The van der Waals surface area contributed by atoms with Gasteiger partial charge in [0.2, 0.25) is 0 Å². The van der Waals surface area contributed by atoms with Gasteiger partial charge in [0.25, 0.3) is 0 Å². The van der Waals surface area contributed by atoms with Gasteiger partial charge < -0.3 is 9.84 Å². The number of aliphatic hydroxyl groups is 1. The van der Waals surface area contributed by atoms with Crippen LogP contribution in [0.5, 0.6) is 0 Å². The minimum Gasteiger partial charge on any atom is -0.461 e. The highest BCUT2D eigenvalue weighted by Crippen LogP contribution is 2.12. The Morgan fingerprint density at radius 1 is 0.758 bits per heavy atom. The van der Waals surface area contributed by atoms with E-state index in [4.69, 9.17) is 9.84 Å². The molecular formula is C29H36O4. The zero-order valence-electron chi connectivity index (χ0n) is 20.9. The molecule has 3 aromatic carbocycles. The molecule has 4 heteroatoms. The third-order valence-corrected chi connectivity index (χ3v) is 5.17. The Kier molecular flexibility index (Phi) is 11.8. The normalized spacial score (nSPS) is 9.70. The summed E-state index contributed by atoms with van der Waals surface area (Å²) in [6.07, 6.45) is 0.891. The minimum absolute atomic E-state index is 0.146. The van der Waals surface area contributed by atoms with Crippen molar-refractivity contribution in [3.63, 3.8) is 0 Å². The van der Waals surface area contributed by atoms with Gasteiger partial charge in [-0.1, -0.05) is 65.2 Å². The van der Waals surface area contributed by atoms with E-state index in [2.05, 4.69) is 6.07 Å². The molecule has 0 aliphatic rings. The summed E-state index contributed by atoms with van der Waals surface area (Å²) in [4.78, 5) is 21.0. The monoisotopic (exact) mass is 448 g/mol. The maximum atomic E-state index is 10.6. The van der Waals surface area contributed by atoms with Crippen molar-refractivity contribution in [3.8, 4) is 0 Å². The molecule has 0 atom stereocenters. The number of rotatable bonds is 4. The van der Waals surface area contributed by atoms with Gasteiger partial charge in [0.15, 0.2) is 0 Å². The van der Waals surface area contributed by atoms with Crippen LogP contribution in [-0.4, -0.2) is 17.4 Å². The second-order valence-corrected chi connectivity index (χ2v) is 8.28. The number of hydrogen-bond donors (Lipinski definition) is 1. The summed E-state index contributed by atoms with van der Waals surface area (Å²) in [5, 5.41) is 8.84. The highest BCUT2D eigenvalue weighted by Gasteiger charge is 2.00. The summed E-state index contributed by atoms with van der Waals surface area (Å²) in [6.45, 7) is 13.9. The van der Waals surface area contributed by atoms with Crippen molar-refractivity contribution >= 4 is 12.3 Å². The molecule has 33 heavy (non-hydrogen) atoms. The molecule has 0 fully saturated rings. The van der Waals surface area contributed by atoms with E-state index in [0.29, 0.717) is 6.61 Å². The minimum atomic E-state index is -0.235. The molecule has 0 bridgehead atoms. The molecule has 0 saturated heterocycles. The number of aliphatic hydroxyl groups excluding tert-OH is 1. The highest BCUT2D eigenvalue weighted by atomic mass is 16.5. The zero-order valence-corrected chi connectivity index (χ0v) is 20.9. The van der Waals surface area contributed by atoms with Gasteiger partial charge >= 0.3 is 5.97 Å². The van der Waals surface area contributed by atoms with Crippen molar-refractivity contribution in [2.75, 3.05) is 0 Å². The summed E-state index contributed by atoms with van der Waals surface area (Å²) in [5.41, 5.74) is 9.78. The van der Waals surface area contributed by atoms with Crippen LogP contribution in [-0.2, 0) is 22.7 Å². The van der Waals surface area contributed by atoms with Crippen LogP contribution in [0.15, 0.2) is 54.6 Å². The van der Waals surface area contributed by atoms with Crippen LogP contribution in [0.25, 0.3) is 0 Å². The zero-order chi connectivity index (χ0) is 25.0. The van der Waals surface area contributed by atoms with Crippen LogP contribution >= 0.6 is 0 Å². The molecule has 0 amide bonds. The molecule has 176 valence electrons. The first-order valence-electron chi connectivity index (χ1n) is 11.0. The number of esters is 1. The van der Waals surface area contributed by atoms with Crippen molar-refractivity contribution in [1.82, 2.24) is 0 Å². The van der Waals surface area contributed by atoms with E-state index in [9.17, 15) is 9.59 Å². The second-order valence-electron chi connectivity index (χ2n) is 8.28. The third-order valence-electron chi connectivity index (χ3n) is 5.17. The Balaban J connectivity index is 0.000000251. The lowest BCUT2D eigenvalue weighted by molar-refractivity contribution is -0.142. The lowest BCUT2D eigenvalue weighted by Gasteiger charge is -2.06. The second kappa shape index (κ2) is 14.0. The number of benzene rings is 3. The standard InChI is InChI=1S/C11H14O2.C9H12O.C9H10O/c1-8-4-5-9(2)11(6-8)7-13-10(3)12;2*1-7-3-4-8(2)9(5-7)6-10/h4-6H,7H2,1-3H3;3-5,10H,6H2,1-2H3;3-6H,1-2H3. The van der Waals surface area contributed by atoms with Crippen molar-refractivity contribution in [2.24, 2.45) is 0 Å². The van der Waals surface area contributed by atoms with E-state index >= 15 is 0 Å². The van der Waals surface area contributed by atoms with Gasteiger partial charge in [-0.05, 0) is 75.4 Å². The van der Waals surface area contributed by atoms with Gasteiger partial charge in [-0.3, -0.25) is 9.59 Å². The lowest BCUT2D eigenvalue weighted by Crippen LogP contribution is -2.00. The summed E-state index contributed by atoms with van der Waals surface area (Å²) >= 11 is 0. The largest absolute Gasteiger partial charge is 0.461 e. The van der Waals surface area contributed by atoms with Crippen LogP contribution in [0, 0.1) is 41.5 Å². The molecule has 0 unspecified atom stereocenters. The number of aryl methyl sites for hydroxylation is 6. The fourth-order valence-electron chi connectivity index (χ4n) is 2.99. The molecule has 3 rings (SSSR count). The van der Waals surface area contributed by atoms with Crippen molar-refractivity contribution in [2.45, 2.75) is 61.7 Å². The Hall–Kier alpha value is -3.24. The Morgan fingerprint density at radius 3 is 1.64 bits per heavy atom.